The lowest BCUT2D eigenvalue weighted by molar-refractivity contribution is 0.252. The molecular formula is C17H19N3O3. The maximum atomic E-state index is 11.8. The first-order valence-electron chi connectivity index (χ1n) is 7.01. The van der Waals surface area contributed by atoms with Crippen LogP contribution in [0, 0.1) is 6.92 Å². The number of rotatable bonds is 5. The topological polar surface area (TPSA) is 72.0 Å². The Morgan fingerprint density at radius 3 is 2.61 bits per heavy atom. The Labute approximate surface area is 135 Å². The fourth-order valence-electron chi connectivity index (χ4n) is 1.95. The number of para-hydroxylation sites is 1. The Kier molecular flexibility index (Phi) is 5.57. The number of ether oxygens (including phenoxy) is 2. The molecule has 2 rings (SSSR count). The number of hydrogen-bond donors (Lipinski definition) is 2. The quantitative estimate of drug-likeness (QED) is 0.658. The number of amides is 2. The first kappa shape index (κ1) is 16.4. The average molecular weight is 313 g/mol. The zero-order chi connectivity index (χ0) is 16.7. The molecule has 0 aliphatic rings. The van der Waals surface area contributed by atoms with Gasteiger partial charge in [0.1, 0.15) is 11.5 Å². The Balaban J connectivity index is 1.99. The molecule has 0 aliphatic heterocycles. The molecule has 120 valence electrons. The molecule has 0 saturated heterocycles. The number of carbonyl (C=O) groups is 1. The second-order valence-corrected chi connectivity index (χ2v) is 4.75. The van der Waals surface area contributed by atoms with E-state index in [9.17, 15) is 4.79 Å². The summed E-state index contributed by atoms with van der Waals surface area (Å²) in [4.78, 5) is 11.8. The van der Waals surface area contributed by atoms with E-state index >= 15 is 0 Å². The minimum atomic E-state index is -0.414. The summed E-state index contributed by atoms with van der Waals surface area (Å²) in [5.41, 5.74) is 4.86. The first-order chi connectivity index (χ1) is 11.1. The van der Waals surface area contributed by atoms with E-state index in [4.69, 9.17) is 9.47 Å². The molecule has 0 fully saturated rings. The van der Waals surface area contributed by atoms with Crippen LogP contribution in [0.3, 0.4) is 0 Å². The molecule has 0 atom stereocenters. The number of benzene rings is 2. The van der Waals surface area contributed by atoms with E-state index < -0.39 is 6.03 Å². The van der Waals surface area contributed by atoms with Crippen molar-refractivity contribution in [3.8, 4) is 11.5 Å². The van der Waals surface area contributed by atoms with Crippen molar-refractivity contribution in [2.24, 2.45) is 5.10 Å². The van der Waals surface area contributed by atoms with Crippen molar-refractivity contribution >= 4 is 17.9 Å². The molecule has 23 heavy (non-hydrogen) atoms. The number of hydrogen-bond acceptors (Lipinski definition) is 4. The molecule has 0 saturated carbocycles. The predicted molar refractivity (Wildman–Crippen MR) is 90.5 cm³/mol. The highest BCUT2D eigenvalue weighted by Crippen LogP contribution is 2.23. The summed E-state index contributed by atoms with van der Waals surface area (Å²) < 4.78 is 10.4. The molecule has 0 spiro atoms. The number of nitrogens with zero attached hydrogens (tertiary/aromatic N) is 1. The number of aryl methyl sites for hydroxylation is 1. The van der Waals surface area contributed by atoms with Gasteiger partial charge in [0.25, 0.3) is 0 Å². The van der Waals surface area contributed by atoms with Crippen molar-refractivity contribution in [2.45, 2.75) is 6.92 Å². The van der Waals surface area contributed by atoms with Crippen molar-refractivity contribution in [3.63, 3.8) is 0 Å². The van der Waals surface area contributed by atoms with E-state index in [-0.39, 0.29) is 0 Å². The van der Waals surface area contributed by atoms with Crippen LogP contribution >= 0.6 is 0 Å². The van der Waals surface area contributed by atoms with Crippen LogP contribution in [-0.4, -0.2) is 26.5 Å². The maximum Gasteiger partial charge on any atom is 0.339 e. The van der Waals surface area contributed by atoms with E-state index in [0.717, 1.165) is 16.8 Å². The normalized spacial score (nSPS) is 10.4. The van der Waals surface area contributed by atoms with Gasteiger partial charge in [-0.15, -0.1) is 0 Å². The largest absolute Gasteiger partial charge is 0.497 e. The van der Waals surface area contributed by atoms with Crippen molar-refractivity contribution < 1.29 is 14.3 Å². The Morgan fingerprint density at radius 1 is 1.13 bits per heavy atom. The van der Waals surface area contributed by atoms with Gasteiger partial charge in [-0.25, -0.2) is 10.2 Å². The minimum absolute atomic E-state index is 0.414. The molecule has 0 bridgehead atoms. The van der Waals surface area contributed by atoms with Crippen LogP contribution in [-0.2, 0) is 0 Å². The molecule has 0 unspecified atom stereocenters. The smallest absolute Gasteiger partial charge is 0.339 e. The summed E-state index contributed by atoms with van der Waals surface area (Å²) in [5.74, 6) is 1.29. The third-order valence-corrected chi connectivity index (χ3v) is 3.20. The number of nitrogens with one attached hydrogen (secondary N) is 2. The Morgan fingerprint density at radius 2 is 1.91 bits per heavy atom. The van der Waals surface area contributed by atoms with Crippen molar-refractivity contribution in [2.75, 3.05) is 19.5 Å². The van der Waals surface area contributed by atoms with Gasteiger partial charge in [-0.05, 0) is 30.7 Å². The lowest BCUT2D eigenvalue weighted by Crippen LogP contribution is -2.24. The molecule has 2 amide bonds. The lowest BCUT2D eigenvalue weighted by Gasteiger charge is -2.08. The molecule has 0 heterocycles. The maximum absolute atomic E-state index is 11.8. The van der Waals surface area contributed by atoms with Crippen LogP contribution in [0.5, 0.6) is 11.5 Å². The average Bonchev–Trinajstić information content (AvgIpc) is 2.57. The summed E-state index contributed by atoms with van der Waals surface area (Å²) in [7, 11) is 3.14. The number of anilines is 1. The summed E-state index contributed by atoms with van der Waals surface area (Å²) in [6.07, 6.45) is 1.51. The molecule has 0 aliphatic carbocycles. The Bertz CT molecular complexity index is 714. The summed E-state index contributed by atoms with van der Waals surface area (Å²) in [5, 5.41) is 6.65. The third-order valence-electron chi connectivity index (χ3n) is 3.20. The van der Waals surface area contributed by atoms with Gasteiger partial charge in [0, 0.05) is 17.3 Å². The van der Waals surface area contributed by atoms with Crippen LogP contribution < -0.4 is 20.2 Å². The monoisotopic (exact) mass is 313 g/mol. The summed E-state index contributed by atoms with van der Waals surface area (Å²) in [6, 6.07) is 12.4. The molecule has 0 aromatic heterocycles. The van der Waals surface area contributed by atoms with Crippen molar-refractivity contribution in [1.29, 1.82) is 0 Å². The van der Waals surface area contributed by atoms with Gasteiger partial charge < -0.3 is 14.8 Å². The zero-order valence-electron chi connectivity index (χ0n) is 13.3. The minimum Gasteiger partial charge on any atom is -0.497 e. The number of urea groups is 1. The van der Waals surface area contributed by atoms with Gasteiger partial charge in [0.15, 0.2) is 0 Å². The highest BCUT2D eigenvalue weighted by molar-refractivity contribution is 5.91. The van der Waals surface area contributed by atoms with Crippen LogP contribution in [0.15, 0.2) is 47.6 Å². The highest BCUT2D eigenvalue weighted by Gasteiger charge is 2.04. The second-order valence-electron chi connectivity index (χ2n) is 4.75. The van der Waals surface area contributed by atoms with E-state index in [1.807, 2.05) is 31.2 Å². The van der Waals surface area contributed by atoms with Crippen LogP contribution in [0.25, 0.3) is 0 Å². The van der Waals surface area contributed by atoms with Gasteiger partial charge >= 0.3 is 6.03 Å². The van der Waals surface area contributed by atoms with Crippen molar-refractivity contribution in [3.05, 3.63) is 53.6 Å². The van der Waals surface area contributed by atoms with Crippen molar-refractivity contribution in [1.82, 2.24) is 5.43 Å². The summed E-state index contributed by atoms with van der Waals surface area (Å²) in [6.45, 7) is 1.92. The van der Waals surface area contributed by atoms with E-state index in [1.165, 1.54) is 6.21 Å². The van der Waals surface area contributed by atoms with Crippen LogP contribution in [0.4, 0.5) is 10.5 Å². The summed E-state index contributed by atoms with van der Waals surface area (Å²) >= 11 is 0. The predicted octanol–water partition coefficient (Wildman–Crippen LogP) is 3.17. The van der Waals surface area contributed by atoms with Gasteiger partial charge in [-0.1, -0.05) is 18.2 Å². The number of hydrazone groups is 1. The van der Waals surface area contributed by atoms with E-state index in [1.54, 1.807) is 32.4 Å². The van der Waals surface area contributed by atoms with E-state index in [2.05, 4.69) is 15.8 Å². The Hall–Kier alpha value is -3.02. The molecule has 6 heteroatoms. The van der Waals surface area contributed by atoms with Gasteiger partial charge in [-0.2, -0.15) is 5.10 Å². The van der Waals surface area contributed by atoms with Crippen LogP contribution in [0.1, 0.15) is 11.1 Å². The third kappa shape index (κ3) is 4.47. The fraction of sp³-hybridized carbons (Fsp3) is 0.176. The van der Waals surface area contributed by atoms with Gasteiger partial charge in [-0.3, -0.25) is 0 Å². The molecule has 0 radical (unpaired) electrons. The fourth-order valence-corrected chi connectivity index (χ4v) is 1.95. The highest BCUT2D eigenvalue weighted by atomic mass is 16.5. The van der Waals surface area contributed by atoms with E-state index in [0.29, 0.717) is 11.5 Å². The van der Waals surface area contributed by atoms with Gasteiger partial charge in [0.05, 0.1) is 20.4 Å². The SMILES string of the molecule is COc1ccc(C=NNC(=O)Nc2ccccc2C)c(OC)c1. The zero-order valence-corrected chi connectivity index (χ0v) is 13.3. The number of carbonyl (C=O) groups excluding carboxylic acids is 1. The molecule has 2 aromatic carbocycles. The molecule has 6 nitrogen and oxygen atoms in total. The standard InChI is InChI=1S/C17H19N3O3/c1-12-6-4-5-7-15(12)19-17(21)20-18-11-13-8-9-14(22-2)10-16(13)23-3/h4-11H,1-3H3,(H2,19,20,21). The first-order valence-corrected chi connectivity index (χ1v) is 7.01. The molecular weight excluding hydrogens is 294 g/mol. The van der Waals surface area contributed by atoms with Gasteiger partial charge in [0.2, 0.25) is 0 Å². The van der Waals surface area contributed by atoms with Crippen LogP contribution in [0.2, 0.25) is 0 Å². The lowest BCUT2D eigenvalue weighted by atomic mass is 10.2. The molecule has 2 N–H and O–H groups in total. The second kappa shape index (κ2) is 7.84. The number of methoxy groups -OCH3 is 2. The molecule has 2 aromatic rings.